The lowest BCUT2D eigenvalue weighted by Crippen LogP contribution is -2.31. The zero-order chi connectivity index (χ0) is 19.3. The van der Waals surface area contributed by atoms with E-state index in [1.54, 1.807) is 4.57 Å². The summed E-state index contributed by atoms with van der Waals surface area (Å²) in [6.45, 7) is 1.23. The molecule has 1 saturated heterocycles. The predicted octanol–water partition coefficient (Wildman–Crippen LogP) is 1.54. The number of nitrogens with two attached hydrogens (primary N) is 1. The first-order valence-electron chi connectivity index (χ1n) is 8.86. The summed E-state index contributed by atoms with van der Waals surface area (Å²) >= 11 is 0. The van der Waals surface area contributed by atoms with E-state index in [-0.39, 0.29) is 34.5 Å². The molecule has 2 heterocycles. The fraction of sp³-hybridized carbons (Fsp3) is 0.444. The molecular weight excluding hydrogens is 355 g/mol. The number of anilines is 1. The highest BCUT2D eigenvalue weighted by atomic mass is 19.1. The third-order valence-corrected chi connectivity index (χ3v) is 5.09. The van der Waals surface area contributed by atoms with Gasteiger partial charge in [-0.1, -0.05) is 0 Å². The van der Waals surface area contributed by atoms with Crippen molar-refractivity contribution in [1.82, 2.24) is 9.58 Å². The van der Waals surface area contributed by atoms with Crippen LogP contribution in [0, 0.1) is 5.82 Å². The zero-order valence-corrected chi connectivity index (χ0v) is 14.9. The van der Waals surface area contributed by atoms with Crippen LogP contribution in [-0.2, 0) is 0 Å². The smallest absolute Gasteiger partial charge is 0.341 e. The van der Waals surface area contributed by atoms with Crippen LogP contribution in [0.4, 0.5) is 10.1 Å². The van der Waals surface area contributed by atoms with Gasteiger partial charge < -0.3 is 25.6 Å². The first-order valence-corrected chi connectivity index (χ1v) is 8.86. The average Bonchev–Trinajstić information content (AvgIpc) is 3.38. The molecule has 1 aliphatic carbocycles. The van der Waals surface area contributed by atoms with Crippen molar-refractivity contribution in [3.8, 4) is 5.75 Å². The number of aromatic carboxylic acids is 1. The number of fused-ring (bicyclic) bond motifs is 1. The Morgan fingerprint density at radius 2 is 2.15 bits per heavy atom. The van der Waals surface area contributed by atoms with Gasteiger partial charge in [0.1, 0.15) is 11.3 Å². The van der Waals surface area contributed by atoms with Gasteiger partial charge in [-0.2, -0.15) is 0 Å². The summed E-state index contributed by atoms with van der Waals surface area (Å²) in [6, 6.07) is 1.16. The van der Waals surface area contributed by atoms with Crippen molar-refractivity contribution in [3.63, 3.8) is 0 Å². The highest BCUT2D eigenvalue weighted by Crippen LogP contribution is 2.42. The van der Waals surface area contributed by atoms with Crippen LogP contribution in [-0.4, -0.2) is 46.9 Å². The number of carbonyl (C=O) groups is 1. The largest absolute Gasteiger partial charge is 0.492 e. The molecule has 1 aliphatic heterocycles. The average molecular weight is 376 g/mol. The molecule has 0 amide bonds. The summed E-state index contributed by atoms with van der Waals surface area (Å²) in [4.78, 5) is 24.1. The molecule has 144 valence electrons. The Labute approximate surface area is 154 Å². The van der Waals surface area contributed by atoms with Crippen molar-refractivity contribution in [3.05, 3.63) is 33.9 Å². The lowest BCUT2D eigenvalue weighted by Gasteiger charge is -2.23. The Morgan fingerprint density at radius 1 is 1.41 bits per heavy atom. The maximum Gasteiger partial charge on any atom is 0.341 e. The third kappa shape index (κ3) is 3.02. The van der Waals surface area contributed by atoms with Crippen LogP contribution in [0.15, 0.2) is 17.1 Å². The van der Waals surface area contributed by atoms with E-state index in [0.717, 1.165) is 25.3 Å². The molecule has 0 bridgehead atoms. The number of carboxylic acids is 1. The first kappa shape index (κ1) is 17.7. The summed E-state index contributed by atoms with van der Waals surface area (Å²) in [5, 5.41) is 11.2. The number of hydrogen-bond donors (Lipinski definition) is 3. The summed E-state index contributed by atoms with van der Waals surface area (Å²) < 4.78 is 22.1. The van der Waals surface area contributed by atoms with Crippen LogP contribution < -0.4 is 21.3 Å². The molecule has 2 aliphatic rings. The molecule has 1 unspecified atom stereocenters. The Kier molecular flexibility index (Phi) is 4.27. The van der Waals surface area contributed by atoms with E-state index in [0.29, 0.717) is 18.6 Å². The van der Waals surface area contributed by atoms with Crippen LogP contribution in [0.3, 0.4) is 0 Å². The Bertz CT molecular complexity index is 986. The quantitative estimate of drug-likeness (QED) is 0.726. The van der Waals surface area contributed by atoms with Gasteiger partial charge in [-0.25, -0.2) is 14.2 Å². The summed E-state index contributed by atoms with van der Waals surface area (Å²) in [7, 11) is 1.40. The van der Waals surface area contributed by atoms with Crippen molar-refractivity contribution < 1.29 is 19.0 Å². The Balaban J connectivity index is 1.94. The topological polar surface area (TPSA) is 110 Å². The van der Waals surface area contributed by atoms with E-state index in [4.69, 9.17) is 10.5 Å². The number of carboxylic acid groups (broad SMARTS) is 1. The van der Waals surface area contributed by atoms with Crippen molar-refractivity contribution in [2.24, 2.45) is 5.73 Å². The highest BCUT2D eigenvalue weighted by molar-refractivity contribution is 5.96. The zero-order valence-electron chi connectivity index (χ0n) is 14.9. The van der Waals surface area contributed by atoms with Gasteiger partial charge in [0.2, 0.25) is 5.43 Å². The second-order valence-electron chi connectivity index (χ2n) is 7.08. The standard InChI is InChI=1S/C18H21FN4O4/c1-27-17-14(21-22-5-4-9(20)7-22)13(19)6-11-15(17)23(10-2-3-10)8-12(16(11)24)18(25)26/h6,8-10,21H,2-5,7,20H2,1H3,(H,25,26). The molecular formula is C18H21FN4O4. The van der Waals surface area contributed by atoms with E-state index >= 15 is 0 Å². The van der Waals surface area contributed by atoms with E-state index in [9.17, 15) is 19.1 Å². The molecule has 2 fully saturated rings. The number of nitrogens with one attached hydrogen (secondary N) is 1. The molecule has 1 atom stereocenters. The van der Waals surface area contributed by atoms with Crippen molar-refractivity contribution in [2.45, 2.75) is 31.3 Å². The van der Waals surface area contributed by atoms with Gasteiger partial charge in [-0.15, -0.1) is 0 Å². The minimum absolute atomic E-state index is 0.000164. The number of ether oxygens (including phenoxy) is 1. The van der Waals surface area contributed by atoms with E-state index in [1.165, 1.54) is 13.3 Å². The minimum atomic E-state index is -1.33. The van der Waals surface area contributed by atoms with Crippen molar-refractivity contribution >= 4 is 22.6 Å². The van der Waals surface area contributed by atoms with E-state index in [2.05, 4.69) is 5.43 Å². The van der Waals surface area contributed by atoms with Gasteiger partial charge in [0.25, 0.3) is 0 Å². The lowest BCUT2D eigenvalue weighted by atomic mass is 10.1. The molecule has 0 spiro atoms. The molecule has 27 heavy (non-hydrogen) atoms. The molecule has 2 aromatic rings. The highest BCUT2D eigenvalue weighted by Gasteiger charge is 2.31. The normalized spacial score (nSPS) is 20.2. The summed E-state index contributed by atoms with van der Waals surface area (Å²) in [5.41, 5.74) is 8.36. The first-order chi connectivity index (χ1) is 12.9. The number of hydrazine groups is 1. The van der Waals surface area contributed by atoms with Gasteiger partial charge in [0.15, 0.2) is 11.6 Å². The van der Waals surface area contributed by atoms with Gasteiger partial charge in [0, 0.05) is 31.4 Å². The summed E-state index contributed by atoms with van der Waals surface area (Å²) in [5.74, 6) is -1.82. The number of benzene rings is 1. The number of pyridine rings is 1. The number of aromatic nitrogens is 1. The molecule has 1 saturated carbocycles. The van der Waals surface area contributed by atoms with Gasteiger partial charge in [0.05, 0.1) is 18.0 Å². The monoisotopic (exact) mass is 376 g/mol. The van der Waals surface area contributed by atoms with Crippen LogP contribution in [0.25, 0.3) is 10.9 Å². The number of halogens is 1. The second kappa shape index (κ2) is 6.50. The van der Waals surface area contributed by atoms with Crippen LogP contribution in [0.5, 0.6) is 5.75 Å². The Morgan fingerprint density at radius 3 is 2.70 bits per heavy atom. The van der Waals surface area contributed by atoms with Gasteiger partial charge in [-0.05, 0) is 25.3 Å². The number of methoxy groups -OCH3 is 1. The van der Waals surface area contributed by atoms with Crippen LogP contribution in [0.1, 0.15) is 35.7 Å². The molecule has 4 rings (SSSR count). The summed E-state index contributed by atoms with van der Waals surface area (Å²) in [6.07, 6.45) is 3.85. The van der Waals surface area contributed by atoms with Gasteiger partial charge in [-0.3, -0.25) is 4.79 Å². The second-order valence-corrected chi connectivity index (χ2v) is 7.08. The number of nitrogens with zero attached hydrogens (tertiary/aromatic N) is 2. The molecule has 1 aromatic heterocycles. The van der Waals surface area contributed by atoms with E-state index < -0.39 is 17.2 Å². The maximum absolute atomic E-state index is 14.9. The number of rotatable bonds is 5. The third-order valence-electron chi connectivity index (χ3n) is 5.09. The van der Waals surface area contributed by atoms with Crippen molar-refractivity contribution in [1.29, 1.82) is 0 Å². The molecule has 0 radical (unpaired) electrons. The molecule has 1 aromatic carbocycles. The fourth-order valence-electron chi connectivity index (χ4n) is 3.60. The molecule has 9 heteroatoms. The van der Waals surface area contributed by atoms with Gasteiger partial charge >= 0.3 is 5.97 Å². The fourth-order valence-corrected chi connectivity index (χ4v) is 3.60. The van der Waals surface area contributed by atoms with Crippen molar-refractivity contribution in [2.75, 3.05) is 25.6 Å². The minimum Gasteiger partial charge on any atom is -0.492 e. The van der Waals surface area contributed by atoms with Crippen LogP contribution >= 0.6 is 0 Å². The maximum atomic E-state index is 14.9. The lowest BCUT2D eigenvalue weighted by molar-refractivity contribution is 0.0695. The molecule has 8 nitrogen and oxygen atoms in total. The Hall–Kier alpha value is -2.65. The molecule has 4 N–H and O–H groups in total. The predicted molar refractivity (Wildman–Crippen MR) is 97.7 cm³/mol. The SMILES string of the molecule is COc1c(NN2CCC(N)C2)c(F)cc2c(=O)c(C(=O)O)cn(C3CC3)c12. The number of hydrogen-bond acceptors (Lipinski definition) is 6. The van der Waals surface area contributed by atoms with E-state index in [1.807, 2.05) is 5.01 Å². The van der Waals surface area contributed by atoms with Crippen LogP contribution in [0.2, 0.25) is 0 Å².